The monoisotopic (exact) mass is 330 g/mol. The third-order valence-corrected chi connectivity index (χ3v) is 5.12. The van der Waals surface area contributed by atoms with E-state index in [1.54, 1.807) is 4.90 Å². The van der Waals surface area contributed by atoms with Gasteiger partial charge in [0.15, 0.2) is 0 Å². The normalized spacial score (nSPS) is 23.1. The Hall–Kier alpha value is -2.08. The maximum Gasteiger partial charge on any atom is 0.318 e. The van der Waals surface area contributed by atoms with Gasteiger partial charge in [0.2, 0.25) is 5.91 Å². The van der Waals surface area contributed by atoms with Crippen LogP contribution in [-0.2, 0) is 17.8 Å². The molecule has 0 radical (unpaired) electrons. The number of fused-ring (bicyclic) bond motifs is 1. The standard InChI is InChI=1S/C18H26N4O2/c1-13-8-14(9-19)11-22(13)17(23)10-20-18(24)21-7-6-15-4-2-3-5-16(15)12-21/h2-5,13-14H,6-12,19H2,1H3,(H,20,24). The summed E-state index contributed by atoms with van der Waals surface area (Å²) in [6.07, 6.45) is 1.80. The number of nitrogens with one attached hydrogen (secondary N) is 1. The quantitative estimate of drug-likeness (QED) is 0.866. The van der Waals surface area contributed by atoms with E-state index in [1.165, 1.54) is 11.1 Å². The lowest BCUT2D eigenvalue weighted by Gasteiger charge is -2.29. The number of urea groups is 1. The van der Waals surface area contributed by atoms with Gasteiger partial charge in [-0.05, 0) is 43.4 Å². The highest BCUT2D eigenvalue weighted by molar-refractivity contribution is 5.84. The Kier molecular flexibility index (Phi) is 5.04. The molecule has 0 aromatic heterocycles. The van der Waals surface area contributed by atoms with Gasteiger partial charge in [0.25, 0.3) is 0 Å². The van der Waals surface area contributed by atoms with Crippen molar-refractivity contribution >= 4 is 11.9 Å². The van der Waals surface area contributed by atoms with Gasteiger partial charge in [-0.3, -0.25) is 4.79 Å². The second kappa shape index (κ2) is 7.21. The number of hydrogen-bond donors (Lipinski definition) is 2. The SMILES string of the molecule is CC1CC(CN)CN1C(=O)CNC(=O)N1CCc2ccccc2C1. The van der Waals surface area contributed by atoms with Gasteiger partial charge in [-0.25, -0.2) is 4.79 Å². The van der Waals surface area contributed by atoms with Gasteiger partial charge in [0.05, 0.1) is 6.54 Å². The molecule has 2 aliphatic heterocycles. The summed E-state index contributed by atoms with van der Waals surface area (Å²) in [6, 6.07) is 8.21. The molecule has 2 aliphatic rings. The van der Waals surface area contributed by atoms with Crippen LogP contribution in [-0.4, -0.2) is 54.0 Å². The number of hydrogen-bond acceptors (Lipinski definition) is 3. The van der Waals surface area contributed by atoms with Gasteiger partial charge in [-0.15, -0.1) is 0 Å². The van der Waals surface area contributed by atoms with Crippen LogP contribution >= 0.6 is 0 Å². The van der Waals surface area contributed by atoms with Crippen LogP contribution in [0.15, 0.2) is 24.3 Å². The topological polar surface area (TPSA) is 78.7 Å². The average molecular weight is 330 g/mol. The Labute approximate surface area is 143 Å². The summed E-state index contributed by atoms with van der Waals surface area (Å²) in [6.45, 7) is 4.69. The highest BCUT2D eigenvalue weighted by Gasteiger charge is 2.31. The molecule has 130 valence electrons. The van der Waals surface area contributed by atoms with Gasteiger partial charge >= 0.3 is 6.03 Å². The molecule has 0 saturated carbocycles. The van der Waals surface area contributed by atoms with Gasteiger partial charge in [-0.2, -0.15) is 0 Å². The fourth-order valence-corrected chi connectivity index (χ4v) is 3.69. The van der Waals surface area contributed by atoms with Crippen molar-refractivity contribution < 1.29 is 9.59 Å². The third-order valence-electron chi connectivity index (χ3n) is 5.12. The highest BCUT2D eigenvalue weighted by Crippen LogP contribution is 2.22. The molecule has 1 fully saturated rings. The van der Waals surface area contributed by atoms with E-state index < -0.39 is 0 Å². The summed E-state index contributed by atoms with van der Waals surface area (Å²) in [5, 5.41) is 2.78. The van der Waals surface area contributed by atoms with Crippen molar-refractivity contribution in [2.24, 2.45) is 11.7 Å². The molecule has 1 saturated heterocycles. The van der Waals surface area contributed by atoms with Crippen molar-refractivity contribution in [1.82, 2.24) is 15.1 Å². The van der Waals surface area contributed by atoms with Gasteiger partial charge in [0.1, 0.15) is 0 Å². The van der Waals surface area contributed by atoms with Crippen LogP contribution in [0.1, 0.15) is 24.5 Å². The molecule has 6 nitrogen and oxygen atoms in total. The maximum absolute atomic E-state index is 12.4. The molecule has 1 aromatic rings. The number of carbonyl (C=O) groups is 2. The maximum atomic E-state index is 12.4. The van der Waals surface area contributed by atoms with Crippen molar-refractivity contribution in [1.29, 1.82) is 0 Å². The van der Waals surface area contributed by atoms with Crippen LogP contribution in [0.2, 0.25) is 0 Å². The van der Waals surface area contributed by atoms with E-state index in [9.17, 15) is 9.59 Å². The second-order valence-electron chi connectivity index (χ2n) is 6.83. The Morgan fingerprint density at radius 2 is 2.04 bits per heavy atom. The first-order valence-electron chi connectivity index (χ1n) is 8.67. The van der Waals surface area contributed by atoms with Crippen LogP contribution in [0.5, 0.6) is 0 Å². The van der Waals surface area contributed by atoms with E-state index in [1.807, 2.05) is 24.0 Å². The molecular weight excluding hydrogens is 304 g/mol. The summed E-state index contributed by atoms with van der Waals surface area (Å²) in [5.41, 5.74) is 8.19. The largest absolute Gasteiger partial charge is 0.338 e. The second-order valence-corrected chi connectivity index (χ2v) is 6.83. The van der Waals surface area contributed by atoms with Gasteiger partial charge < -0.3 is 20.9 Å². The number of amides is 3. The van der Waals surface area contributed by atoms with Crippen molar-refractivity contribution in [3.63, 3.8) is 0 Å². The zero-order valence-electron chi connectivity index (χ0n) is 14.2. The Balaban J connectivity index is 1.50. The minimum atomic E-state index is -0.167. The summed E-state index contributed by atoms with van der Waals surface area (Å²) >= 11 is 0. The fourth-order valence-electron chi connectivity index (χ4n) is 3.69. The summed E-state index contributed by atoms with van der Waals surface area (Å²) in [4.78, 5) is 28.3. The van der Waals surface area contributed by atoms with Crippen molar-refractivity contribution in [3.05, 3.63) is 35.4 Å². The van der Waals surface area contributed by atoms with Crippen molar-refractivity contribution in [2.75, 3.05) is 26.2 Å². The Morgan fingerprint density at radius 1 is 1.29 bits per heavy atom. The minimum Gasteiger partial charge on any atom is -0.338 e. The smallest absolute Gasteiger partial charge is 0.318 e. The van der Waals surface area contributed by atoms with Gasteiger partial charge in [0, 0.05) is 25.7 Å². The molecule has 0 aliphatic carbocycles. The molecule has 2 heterocycles. The zero-order valence-corrected chi connectivity index (χ0v) is 14.2. The summed E-state index contributed by atoms with van der Waals surface area (Å²) in [5.74, 6) is 0.349. The first-order chi connectivity index (χ1) is 11.6. The first kappa shape index (κ1) is 16.8. The van der Waals surface area contributed by atoms with Crippen molar-refractivity contribution in [2.45, 2.75) is 32.4 Å². The van der Waals surface area contributed by atoms with E-state index in [4.69, 9.17) is 5.73 Å². The van der Waals surface area contributed by atoms with Crippen LogP contribution in [0.25, 0.3) is 0 Å². The lowest BCUT2D eigenvalue weighted by atomic mass is 10.0. The van der Waals surface area contributed by atoms with Crippen LogP contribution in [0, 0.1) is 5.92 Å². The molecule has 6 heteroatoms. The number of nitrogens with zero attached hydrogens (tertiary/aromatic N) is 2. The van der Waals surface area contributed by atoms with E-state index >= 15 is 0 Å². The van der Waals surface area contributed by atoms with Crippen LogP contribution in [0.4, 0.5) is 4.79 Å². The highest BCUT2D eigenvalue weighted by atomic mass is 16.2. The van der Waals surface area contributed by atoms with E-state index in [-0.39, 0.29) is 24.5 Å². The summed E-state index contributed by atoms with van der Waals surface area (Å²) in [7, 11) is 0. The van der Waals surface area contributed by atoms with E-state index in [0.717, 1.165) is 12.8 Å². The van der Waals surface area contributed by atoms with E-state index in [2.05, 4.69) is 17.4 Å². The average Bonchev–Trinajstić information content (AvgIpc) is 3.00. The molecule has 3 amide bonds. The molecule has 1 aromatic carbocycles. The number of nitrogens with two attached hydrogens (primary N) is 1. The predicted molar refractivity (Wildman–Crippen MR) is 92.3 cm³/mol. The van der Waals surface area contributed by atoms with E-state index in [0.29, 0.717) is 32.1 Å². The molecule has 0 spiro atoms. The number of carbonyl (C=O) groups excluding carboxylic acids is 2. The molecule has 24 heavy (non-hydrogen) atoms. The molecule has 0 bridgehead atoms. The predicted octanol–water partition coefficient (Wildman–Crippen LogP) is 0.950. The molecule has 2 unspecified atom stereocenters. The third kappa shape index (κ3) is 3.53. The fraction of sp³-hybridized carbons (Fsp3) is 0.556. The Morgan fingerprint density at radius 3 is 2.75 bits per heavy atom. The molecular formula is C18H26N4O2. The summed E-state index contributed by atoms with van der Waals surface area (Å²) < 4.78 is 0. The van der Waals surface area contributed by atoms with Crippen LogP contribution in [0.3, 0.4) is 0 Å². The minimum absolute atomic E-state index is 0.0239. The van der Waals surface area contributed by atoms with Gasteiger partial charge in [-0.1, -0.05) is 24.3 Å². The molecule has 3 rings (SSSR count). The lowest BCUT2D eigenvalue weighted by molar-refractivity contribution is -0.130. The number of benzene rings is 1. The molecule has 2 atom stereocenters. The van der Waals surface area contributed by atoms with Crippen molar-refractivity contribution in [3.8, 4) is 0 Å². The number of likely N-dealkylation sites (tertiary alicyclic amines) is 1. The van der Waals surface area contributed by atoms with Crippen LogP contribution < -0.4 is 11.1 Å². The molecule has 3 N–H and O–H groups in total. The Bertz CT molecular complexity index is 619. The first-order valence-corrected chi connectivity index (χ1v) is 8.67. The lowest BCUT2D eigenvalue weighted by Crippen LogP contribution is -2.47. The number of rotatable bonds is 3. The zero-order chi connectivity index (χ0) is 17.1.